The van der Waals surface area contributed by atoms with Gasteiger partial charge in [-0.3, -0.25) is 14.4 Å². The van der Waals surface area contributed by atoms with Crippen LogP contribution in [0.25, 0.3) is 28.6 Å². The smallest absolute Gasteiger partial charge is 0.258 e. The van der Waals surface area contributed by atoms with Gasteiger partial charge in [0.05, 0.1) is 12.4 Å². The minimum absolute atomic E-state index is 0.458. The number of pyridine rings is 1. The van der Waals surface area contributed by atoms with E-state index >= 15 is 0 Å². The zero-order valence-electron chi connectivity index (χ0n) is 11.1. The van der Waals surface area contributed by atoms with Gasteiger partial charge in [0.25, 0.3) is 5.89 Å². The Hall–Kier alpha value is -3.09. The molecule has 4 aromatic heterocycles. The predicted molar refractivity (Wildman–Crippen MR) is 74.2 cm³/mol. The summed E-state index contributed by atoms with van der Waals surface area (Å²) < 4.78 is 7.19. The first kappa shape index (κ1) is 11.7. The number of rotatable bonds is 2. The maximum Gasteiger partial charge on any atom is 0.258 e. The van der Waals surface area contributed by atoms with E-state index in [0.29, 0.717) is 11.7 Å². The Morgan fingerprint density at radius 2 is 2.10 bits per heavy atom. The summed E-state index contributed by atoms with van der Waals surface area (Å²) in [6, 6.07) is 3.73. The molecule has 0 radical (unpaired) electrons. The van der Waals surface area contributed by atoms with Crippen molar-refractivity contribution in [3.8, 4) is 23.0 Å². The minimum Gasteiger partial charge on any atom is -0.334 e. The van der Waals surface area contributed by atoms with Crippen molar-refractivity contribution in [3.05, 3.63) is 48.8 Å². The van der Waals surface area contributed by atoms with E-state index in [-0.39, 0.29) is 0 Å². The molecule has 0 spiro atoms. The van der Waals surface area contributed by atoms with Crippen LogP contribution in [0.5, 0.6) is 0 Å². The fraction of sp³-hybridized carbons (Fsp3) is 0.0714. The van der Waals surface area contributed by atoms with E-state index < -0.39 is 0 Å². The molecule has 7 heteroatoms. The van der Waals surface area contributed by atoms with Crippen molar-refractivity contribution in [1.82, 2.24) is 29.5 Å². The molecule has 4 aromatic rings. The summed E-state index contributed by atoms with van der Waals surface area (Å²) in [4.78, 5) is 16.9. The highest BCUT2D eigenvalue weighted by atomic mass is 16.5. The third-order valence-corrected chi connectivity index (χ3v) is 3.12. The molecule has 0 amide bonds. The number of hydrogen-bond donors (Lipinski definition) is 0. The number of nitrogens with zero attached hydrogens (tertiary/aromatic N) is 6. The van der Waals surface area contributed by atoms with Crippen molar-refractivity contribution >= 4 is 5.65 Å². The SMILES string of the molecule is Cc1cc(-c2nc(-c3cnc4cnccn34)no2)ccn1. The molecule has 0 atom stereocenters. The highest BCUT2D eigenvalue weighted by Gasteiger charge is 2.14. The van der Waals surface area contributed by atoms with Gasteiger partial charge in [0.2, 0.25) is 5.82 Å². The van der Waals surface area contributed by atoms with Crippen molar-refractivity contribution < 1.29 is 4.52 Å². The average molecular weight is 278 g/mol. The molecule has 0 fully saturated rings. The fourth-order valence-electron chi connectivity index (χ4n) is 2.13. The molecule has 0 aliphatic carbocycles. The highest BCUT2D eigenvalue weighted by Crippen LogP contribution is 2.22. The van der Waals surface area contributed by atoms with Gasteiger partial charge in [0, 0.05) is 29.8 Å². The lowest BCUT2D eigenvalue weighted by molar-refractivity contribution is 0.432. The molecular weight excluding hydrogens is 268 g/mol. The van der Waals surface area contributed by atoms with Gasteiger partial charge < -0.3 is 4.52 Å². The molecule has 0 saturated carbocycles. The van der Waals surface area contributed by atoms with E-state index in [9.17, 15) is 0 Å². The Kier molecular flexibility index (Phi) is 2.50. The molecule has 0 N–H and O–H groups in total. The first-order chi connectivity index (χ1) is 10.3. The quantitative estimate of drug-likeness (QED) is 0.558. The topological polar surface area (TPSA) is 82.0 Å². The Morgan fingerprint density at radius 1 is 1.14 bits per heavy atom. The Bertz CT molecular complexity index is 926. The van der Waals surface area contributed by atoms with Crippen LogP contribution in [0.15, 0.2) is 47.6 Å². The average Bonchev–Trinajstić information content (AvgIpc) is 3.14. The first-order valence-electron chi connectivity index (χ1n) is 6.35. The Morgan fingerprint density at radius 3 is 3.00 bits per heavy atom. The molecule has 0 aromatic carbocycles. The summed E-state index contributed by atoms with van der Waals surface area (Å²) >= 11 is 0. The number of hydrogen-bond acceptors (Lipinski definition) is 6. The summed E-state index contributed by atoms with van der Waals surface area (Å²) in [6.07, 6.45) is 8.59. The van der Waals surface area contributed by atoms with Crippen molar-refractivity contribution in [2.24, 2.45) is 0 Å². The molecule has 0 saturated heterocycles. The van der Waals surface area contributed by atoms with Crippen LogP contribution in [0.2, 0.25) is 0 Å². The highest BCUT2D eigenvalue weighted by molar-refractivity contribution is 5.59. The molecule has 0 aliphatic rings. The van der Waals surface area contributed by atoms with Crippen molar-refractivity contribution in [2.75, 3.05) is 0 Å². The molecule has 4 heterocycles. The van der Waals surface area contributed by atoms with Crippen LogP contribution in [-0.4, -0.2) is 29.5 Å². The van der Waals surface area contributed by atoms with E-state index in [0.717, 1.165) is 22.6 Å². The predicted octanol–water partition coefficient (Wildman–Crippen LogP) is 2.15. The van der Waals surface area contributed by atoms with Gasteiger partial charge in [0.1, 0.15) is 5.69 Å². The van der Waals surface area contributed by atoms with Gasteiger partial charge >= 0.3 is 0 Å². The molecule has 21 heavy (non-hydrogen) atoms. The largest absolute Gasteiger partial charge is 0.334 e. The lowest BCUT2D eigenvalue weighted by Gasteiger charge is -1.95. The summed E-state index contributed by atoms with van der Waals surface area (Å²) in [6.45, 7) is 1.91. The standard InChI is InChI=1S/C14H10N6O/c1-9-6-10(2-3-16-9)14-18-13(19-21-14)11-7-17-12-8-15-4-5-20(11)12/h2-8H,1H3. The van der Waals surface area contributed by atoms with Crippen LogP contribution in [0.3, 0.4) is 0 Å². The van der Waals surface area contributed by atoms with Crippen LogP contribution >= 0.6 is 0 Å². The lowest BCUT2D eigenvalue weighted by Crippen LogP contribution is -1.90. The first-order valence-corrected chi connectivity index (χ1v) is 6.35. The summed E-state index contributed by atoms with van der Waals surface area (Å²) in [7, 11) is 0. The fourth-order valence-corrected chi connectivity index (χ4v) is 2.13. The molecule has 102 valence electrons. The van der Waals surface area contributed by atoms with Gasteiger partial charge in [-0.1, -0.05) is 5.16 Å². The number of aryl methyl sites for hydroxylation is 1. The molecule has 4 rings (SSSR count). The van der Waals surface area contributed by atoms with E-state index in [4.69, 9.17) is 4.52 Å². The Balaban J connectivity index is 1.81. The van der Waals surface area contributed by atoms with E-state index in [1.54, 1.807) is 24.8 Å². The summed E-state index contributed by atoms with van der Waals surface area (Å²) in [5.74, 6) is 0.942. The second-order valence-electron chi connectivity index (χ2n) is 4.56. The number of aromatic nitrogens is 6. The van der Waals surface area contributed by atoms with Crippen LogP contribution in [-0.2, 0) is 0 Å². The molecule has 0 unspecified atom stereocenters. The molecule has 0 aliphatic heterocycles. The summed E-state index contributed by atoms with van der Waals surface area (Å²) in [5.41, 5.74) is 3.23. The van der Waals surface area contributed by atoms with Crippen molar-refractivity contribution in [3.63, 3.8) is 0 Å². The number of imidazole rings is 1. The monoisotopic (exact) mass is 278 g/mol. The molecule has 0 bridgehead atoms. The van der Waals surface area contributed by atoms with Gasteiger partial charge in [-0.15, -0.1) is 0 Å². The lowest BCUT2D eigenvalue weighted by atomic mass is 10.2. The van der Waals surface area contributed by atoms with E-state index in [1.165, 1.54) is 0 Å². The molecule has 7 nitrogen and oxygen atoms in total. The Labute approximate surface area is 119 Å². The van der Waals surface area contributed by atoms with Crippen LogP contribution in [0.1, 0.15) is 5.69 Å². The second-order valence-corrected chi connectivity index (χ2v) is 4.56. The van der Waals surface area contributed by atoms with Gasteiger partial charge in [-0.2, -0.15) is 4.98 Å². The third-order valence-electron chi connectivity index (χ3n) is 3.12. The van der Waals surface area contributed by atoms with Crippen LogP contribution < -0.4 is 0 Å². The van der Waals surface area contributed by atoms with Crippen LogP contribution in [0.4, 0.5) is 0 Å². The zero-order chi connectivity index (χ0) is 14.2. The minimum atomic E-state index is 0.458. The zero-order valence-corrected chi connectivity index (χ0v) is 11.1. The number of fused-ring (bicyclic) bond motifs is 1. The second kappa shape index (κ2) is 4.48. The maximum atomic E-state index is 5.33. The summed E-state index contributed by atoms with van der Waals surface area (Å²) in [5, 5.41) is 4.03. The third kappa shape index (κ3) is 1.95. The van der Waals surface area contributed by atoms with Gasteiger partial charge in [-0.05, 0) is 19.1 Å². The van der Waals surface area contributed by atoms with Crippen LogP contribution in [0, 0.1) is 6.92 Å². The normalized spacial score (nSPS) is 11.1. The van der Waals surface area contributed by atoms with E-state index in [1.807, 2.05) is 29.7 Å². The van der Waals surface area contributed by atoms with Crippen molar-refractivity contribution in [2.45, 2.75) is 6.92 Å². The molecular formula is C14H10N6O. The van der Waals surface area contributed by atoms with E-state index in [2.05, 4.69) is 25.1 Å². The van der Waals surface area contributed by atoms with Crippen molar-refractivity contribution in [1.29, 1.82) is 0 Å². The maximum absolute atomic E-state index is 5.33. The van der Waals surface area contributed by atoms with Gasteiger partial charge in [-0.25, -0.2) is 4.98 Å². The van der Waals surface area contributed by atoms with Gasteiger partial charge in [0.15, 0.2) is 5.65 Å².